The number of carboxylic acid groups (broad SMARTS) is 1. The van der Waals surface area contributed by atoms with E-state index in [-0.39, 0.29) is 12.6 Å². The molecule has 2 amide bonds. The van der Waals surface area contributed by atoms with Gasteiger partial charge in [-0.25, -0.2) is 4.79 Å². The summed E-state index contributed by atoms with van der Waals surface area (Å²) in [5.41, 5.74) is 1.32. The molecule has 2 heterocycles. The van der Waals surface area contributed by atoms with Crippen LogP contribution in [0.4, 0.5) is 10.5 Å². The molecule has 0 aliphatic carbocycles. The van der Waals surface area contributed by atoms with Crippen molar-refractivity contribution in [1.82, 2.24) is 15.0 Å². The number of aryl methyl sites for hydroxylation is 1. The minimum Gasteiger partial charge on any atom is -0.481 e. The fourth-order valence-electron chi connectivity index (χ4n) is 2.50. The minimum atomic E-state index is -0.866. The summed E-state index contributed by atoms with van der Waals surface area (Å²) < 4.78 is 4.94. The number of hydrogen-bond donors (Lipinski definition) is 2. The van der Waals surface area contributed by atoms with E-state index in [1.807, 2.05) is 6.07 Å². The van der Waals surface area contributed by atoms with Gasteiger partial charge in [-0.05, 0) is 18.6 Å². The molecule has 0 spiro atoms. The molecule has 1 aromatic heterocycles. The second kappa shape index (κ2) is 6.07. The first-order valence-electron chi connectivity index (χ1n) is 7.22. The molecule has 8 heteroatoms. The number of likely N-dealkylation sites (tertiary alicyclic amines) is 1. The molecule has 23 heavy (non-hydrogen) atoms. The van der Waals surface area contributed by atoms with Crippen LogP contribution >= 0.6 is 0 Å². The Bertz CT molecular complexity index is 743. The van der Waals surface area contributed by atoms with E-state index < -0.39 is 11.9 Å². The largest absolute Gasteiger partial charge is 0.481 e. The summed E-state index contributed by atoms with van der Waals surface area (Å²) in [6.07, 6.45) is 0.477. The Morgan fingerprint density at radius 3 is 2.91 bits per heavy atom. The highest BCUT2D eigenvalue weighted by atomic mass is 16.5. The number of carbonyl (C=O) groups excluding carboxylic acids is 1. The summed E-state index contributed by atoms with van der Waals surface area (Å²) in [5, 5.41) is 15.6. The molecule has 1 atom stereocenters. The molecule has 0 saturated carbocycles. The molecular weight excluding hydrogens is 300 g/mol. The number of anilines is 1. The first-order chi connectivity index (χ1) is 11.0. The van der Waals surface area contributed by atoms with Crippen molar-refractivity contribution in [1.29, 1.82) is 0 Å². The lowest BCUT2D eigenvalue weighted by Gasteiger charge is -2.16. The van der Waals surface area contributed by atoms with Gasteiger partial charge >= 0.3 is 12.0 Å². The van der Waals surface area contributed by atoms with Gasteiger partial charge in [-0.1, -0.05) is 17.3 Å². The second-order valence-electron chi connectivity index (χ2n) is 5.42. The predicted molar refractivity (Wildman–Crippen MR) is 80.8 cm³/mol. The van der Waals surface area contributed by atoms with Crippen molar-refractivity contribution in [3.8, 4) is 11.4 Å². The zero-order valence-electron chi connectivity index (χ0n) is 12.5. The maximum Gasteiger partial charge on any atom is 0.321 e. The molecule has 3 rings (SSSR count). The Hall–Kier alpha value is -2.90. The molecule has 0 radical (unpaired) electrons. The van der Waals surface area contributed by atoms with E-state index in [9.17, 15) is 9.59 Å². The number of hydrogen-bond acceptors (Lipinski definition) is 5. The van der Waals surface area contributed by atoms with Gasteiger partial charge in [0.15, 0.2) is 0 Å². The van der Waals surface area contributed by atoms with Crippen LogP contribution in [0.2, 0.25) is 0 Å². The van der Waals surface area contributed by atoms with Gasteiger partial charge in [0.2, 0.25) is 11.7 Å². The standard InChI is InChI=1S/C15H16N4O4/c1-9-16-13(18-23-9)10-3-2-4-12(7-10)17-15(22)19-6-5-11(8-19)14(20)21/h2-4,7,11H,5-6,8H2,1H3,(H,17,22)(H,20,21). The maximum absolute atomic E-state index is 12.2. The third-order valence-electron chi connectivity index (χ3n) is 3.72. The lowest BCUT2D eigenvalue weighted by atomic mass is 10.1. The summed E-state index contributed by atoms with van der Waals surface area (Å²) in [6.45, 7) is 2.37. The van der Waals surface area contributed by atoms with Crippen LogP contribution in [0.5, 0.6) is 0 Å². The van der Waals surface area contributed by atoms with E-state index in [0.717, 1.165) is 5.56 Å². The lowest BCUT2D eigenvalue weighted by Crippen LogP contribution is -2.33. The molecule has 1 unspecified atom stereocenters. The van der Waals surface area contributed by atoms with Crippen LogP contribution in [-0.4, -0.2) is 45.2 Å². The number of nitrogens with one attached hydrogen (secondary N) is 1. The highest BCUT2D eigenvalue weighted by Gasteiger charge is 2.30. The number of carbonyl (C=O) groups is 2. The SMILES string of the molecule is Cc1nc(-c2cccc(NC(=O)N3CCC(C(=O)O)C3)c2)no1. The smallest absolute Gasteiger partial charge is 0.321 e. The summed E-state index contributed by atoms with van der Waals surface area (Å²) in [6, 6.07) is 6.78. The fraction of sp³-hybridized carbons (Fsp3) is 0.333. The molecule has 1 aliphatic rings. The third kappa shape index (κ3) is 3.31. The quantitative estimate of drug-likeness (QED) is 0.896. The van der Waals surface area contributed by atoms with Crippen LogP contribution in [0.15, 0.2) is 28.8 Å². The Kier molecular flexibility index (Phi) is 3.96. The normalized spacial score (nSPS) is 17.3. The molecule has 1 aliphatic heterocycles. The van der Waals surface area contributed by atoms with E-state index in [1.165, 1.54) is 4.90 Å². The lowest BCUT2D eigenvalue weighted by molar-refractivity contribution is -0.141. The van der Waals surface area contributed by atoms with Crippen molar-refractivity contribution >= 4 is 17.7 Å². The van der Waals surface area contributed by atoms with E-state index >= 15 is 0 Å². The van der Waals surface area contributed by atoms with Gasteiger partial charge in [0.1, 0.15) is 0 Å². The first kappa shape index (κ1) is 15.0. The van der Waals surface area contributed by atoms with Crippen molar-refractivity contribution in [2.75, 3.05) is 18.4 Å². The summed E-state index contributed by atoms with van der Waals surface area (Å²) >= 11 is 0. The van der Waals surface area contributed by atoms with Crippen molar-refractivity contribution in [2.24, 2.45) is 5.92 Å². The van der Waals surface area contributed by atoms with Crippen molar-refractivity contribution < 1.29 is 19.2 Å². The highest BCUT2D eigenvalue weighted by molar-refractivity contribution is 5.90. The Balaban J connectivity index is 1.69. The van der Waals surface area contributed by atoms with Gasteiger partial charge < -0.3 is 19.8 Å². The topological polar surface area (TPSA) is 109 Å². The van der Waals surface area contributed by atoms with Crippen LogP contribution < -0.4 is 5.32 Å². The molecular formula is C15H16N4O4. The summed E-state index contributed by atoms with van der Waals surface area (Å²) in [5.74, 6) is -0.443. The van der Waals surface area contributed by atoms with Gasteiger partial charge in [-0.3, -0.25) is 4.79 Å². The van der Waals surface area contributed by atoms with E-state index in [2.05, 4.69) is 15.5 Å². The number of amides is 2. The molecule has 120 valence electrons. The number of benzene rings is 1. The fourth-order valence-corrected chi connectivity index (χ4v) is 2.50. The molecule has 2 aromatic rings. The number of nitrogens with zero attached hydrogens (tertiary/aromatic N) is 3. The highest BCUT2D eigenvalue weighted by Crippen LogP contribution is 2.22. The Morgan fingerprint density at radius 1 is 1.43 bits per heavy atom. The van der Waals surface area contributed by atoms with Crippen molar-refractivity contribution in [3.63, 3.8) is 0 Å². The van der Waals surface area contributed by atoms with Crippen molar-refractivity contribution in [2.45, 2.75) is 13.3 Å². The van der Waals surface area contributed by atoms with Gasteiger partial charge in [-0.2, -0.15) is 4.98 Å². The molecule has 2 N–H and O–H groups in total. The van der Waals surface area contributed by atoms with Crippen LogP contribution in [0.1, 0.15) is 12.3 Å². The zero-order valence-corrected chi connectivity index (χ0v) is 12.5. The monoisotopic (exact) mass is 316 g/mol. The minimum absolute atomic E-state index is 0.227. The number of carboxylic acids is 1. The van der Waals surface area contributed by atoms with Gasteiger partial charge in [-0.15, -0.1) is 0 Å². The number of aromatic nitrogens is 2. The Morgan fingerprint density at radius 2 is 2.26 bits per heavy atom. The van der Waals surface area contributed by atoms with Crippen LogP contribution in [0.25, 0.3) is 11.4 Å². The number of rotatable bonds is 3. The first-order valence-corrected chi connectivity index (χ1v) is 7.22. The average Bonchev–Trinajstić information content (AvgIpc) is 3.16. The predicted octanol–water partition coefficient (Wildman–Crippen LogP) is 1.98. The Labute approximate surface area is 132 Å². The van der Waals surface area contributed by atoms with E-state index in [1.54, 1.807) is 25.1 Å². The summed E-state index contributed by atoms with van der Waals surface area (Å²) in [4.78, 5) is 28.8. The molecule has 1 fully saturated rings. The van der Waals surface area contributed by atoms with Gasteiger partial charge in [0.25, 0.3) is 0 Å². The van der Waals surface area contributed by atoms with Crippen LogP contribution in [0, 0.1) is 12.8 Å². The van der Waals surface area contributed by atoms with E-state index in [0.29, 0.717) is 30.4 Å². The van der Waals surface area contributed by atoms with Crippen molar-refractivity contribution in [3.05, 3.63) is 30.2 Å². The number of urea groups is 1. The second-order valence-corrected chi connectivity index (χ2v) is 5.42. The maximum atomic E-state index is 12.2. The van der Waals surface area contributed by atoms with Crippen LogP contribution in [-0.2, 0) is 4.79 Å². The van der Waals surface area contributed by atoms with Gasteiger partial charge in [0.05, 0.1) is 5.92 Å². The van der Waals surface area contributed by atoms with Gasteiger partial charge in [0, 0.05) is 31.3 Å². The number of aliphatic carboxylic acids is 1. The molecule has 1 aromatic carbocycles. The molecule has 8 nitrogen and oxygen atoms in total. The summed E-state index contributed by atoms with van der Waals surface area (Å²) in [7, 11) is 0. The average molecular weight is 316 g/mol. The molecule has 1 saturated heterocycles. The molecule has 0 bridgehead atoms. The zero-order chi connectivity index (χ0) is 16.4. The van der Waals surface area contributed by atoms with E-state index in [4.69, 9.17) is 9.63 Å². The van der Waals surface area contributed by atoms with Crippen LogP contribution in [0.3, 0.4) is 0 Å². The third-order valence-corrected chi connectivity index (χ3v) is 3.72.